The minimum atomic E-state index is -3.40. The van der Waals surface area contributed by atoms with Crippen LogP contribution in [-0.2, 0) is 35.9 Å². The summed E-state index contributed by atoms with van der Waals surface area (Å²) in [7, 11) is -1.58. The van der Waals surface area contributed by atoms with Gasteiger partial charge in [-0.1, -0.05) is 24.3 Å². The van der Waals surface area contributed by atoms with Crippen molar-refractivity contribution in [3.8, 4) is 0 Å². The molecule has 7 heteroatoms. The first-order chi connectivity index (χ1) is 9.50. The fourth-order valence-corrected chi connectivity index (χ4v) is 2.93. The van der Waals surface area contributed by atoms with Gasteiger partial charge in [-0.2, -0.15) is 0 Å². The number of hydrogen-bond donors (Lipinski definition) is 2. The number of hydrogen-bond acceptors (Lipinski definition) is 4. The first kappa shape index (κ1) is 14.7. The second kappa shape index (κ2) is 6.17. The number of benzene rings is 1. The lowest BCUT2D eigenvalue weighted by Crippen LogP contribution is -2.26. The standard InChI is InChI=1S/C13H18N4O2S/c1-17-6-5-15-13(17)9-16-20(18,19)10-12-4-2-3-11(7-12)8-14/h2-7,16H,8-10,14H2,1H3. The molecule has 1 aromatic carbocycles. The Balaban J connectivity index is 2.02. The Morgan fingerprint density at radius 3 is 2.75 bits per heavy atom. The predicted octanol–water partition coefficient (Wildman–Crippen LogP) is 0.498. The van der Waals surface area contributed by atoms with Crippen LogP contribution >= 0.6 is 0 Å². The zero-order chi connectivity index (χ0) is 14.6. The summed E-state index contributed by atoms with van der Waals surface area (Å²) in [5.41, 5.74) is 7.19. The molecule has 0 radical (unpaired) electrons. The highest BCUT2D eigenvalue weighted by atomic mass is 32.2. The Kier molecular flexibility index (Phi) is 4.53. The quantitative estimate of drug-likeness (QED) is 0.811. The first-order valence-corrected chi connectivity index (χ1v) is 7.87. The van der Waals surface area contributed by atoms with Gasteiger partial charge in [0.15, 0.2) is 0 Å². The fourth-order valence-electron chi connectivity index (χ4n) is 1.86. The van der Waals surface area contributed by atoms with Gasteiger partial charge in [0, 0.05) is 26.0 Å². The van der Waals surface area contributed by atoms with Crippen molar-refractivity contribution in [2.75, 3.05) is 0 Å². The van der Waals surface area contributed by atoms with Gasteiger partial charge >= 0.3 is 0 Å². The molecular formula is C13H18N4O2S. The molecule has 1 heterocycles. The van der Waals surface area contributed by atoms with E-state index in [0.29, 0.717) is 12.4 Å². The van der Waals surface area contributed by atoms with Gasteiger partial charge in [0.05, 0.1) is 12.3 Å². The van der Waals surface area contributed by atoms with Crippen LogP contribution in [-0.4, -0.2) is 18.0 Å². The van der Waals surface area contributed by atoms with E-state index in [1.165, 1.54) is 0 Å². The molecule has 2 aromatic rings. The third-order valence-corrected chi connectivity index (χ3v) is 4.25. The number of rotatable bonds is 6. The molecule has 0 unspecified atom stereocenters. The van der Waals surface area contributed by atoms with Gasteiger partial charge in [-0.25, -0.2) is 18.1 Å². The highest BCUT2D eigenvalue weighted by molar-refractivity contribution is 7.88. The molecule has 0 bridgehead atoms. The van der Waals surface area contributed by atoms with Gasteiger partial charge in [0.1, 0.15) is 5.82 Å². The largest absolute Gasteiger partial charge is 0.337 e. The number of aryl methyl sites for hydroxylation is 1. The molecule has 3 N–H and O–H groups in total. The number of nitrogens with one attached hydrogen (secondary N) is 1. The first-order valence-electron chi connectivity index (χ1n) is 6.21. The van der Waals surface area contributed by atoms with Crippen LogP contribution in [0.3, 0.4) is 0 Å². The van der Waals surface area contributed by atoms with Crippen LogP contribution < -0.4 is 10.5 Å². The summed E-state index contributed by atoms with van der Waals surface area (Å²) in [5, 5.41) is 0. The molecule has 0 atom stereocenters. The van der Waals surface area contributed by atoms with E-state index >= 15 is 0 Å². The van der Waals surface area contributed by atoms with Gasteiger partial charge in [-0.05, 0) is 11.1 Å². The van der Waals surface area contributed by atoms with Crippen molar-refractivity contribution in [1.29, 1.82) is 0 Å². The van der Waals surface area contributed by atoms with E-state index in [1.54, 1.807) is 29.1 Å². The van der Waals surface area contributed by atoms with Gasteiger partial charge in [-0.15, -0.1) is 0 Å². The third-order valence-electron chi connectivity index (χ3n) is 2.95. The molecule has 0 fully saturated rings. The van der Waals surface area contributed by atoms with Gasteiger partial charge in [0.25, 0.3) is 0 Å². The van der Waals surface area contributed by atoms with Gasteiger partial charge in [0.2, 0.25) is 10.0 Å². The van der Waals surface area contributed by atoms with Crippen molar-refractivity contribution in [3.05, 3.63) is 53.6 Å². The maximum absolute atomic E-state index is 12.0. The van der Waals surface area contributed by atoms with Crippen LogP contribution in [0.25, 0.3) is 0 Å². The molecule has 0 spiro atoms. The summed E-state index contributed by atoms with van der Waals surface area (Å²) in [6.07, 6.45) is 3.41. The lowest BCUT2D eigenvalue weighted by atomic mass is 10.1. The van der Waals surface area contributed by atoms with Crippen molar-refractivity contribution in [2.24, 2.45) is 12.8 Å². The molecule has 0 amide bonds. The number of aromatic nitrogens is 2. The number of nitrogens with zero attached hydrogens (tertiary/aromatic N) is 2. The Labute approximate surface area is 118 Å². The third kappa shape index (κ3) is 3.89. The SMILES string of the molecule is Cn1ccnc1CNS(=O)(=O)Cc1cccc(CN)c1. The summed E-state index contributed by atoms with van der Waals surface area (Å²) < 4.78 is 28.4. The molecular weight excluding hydrogens is 276 g/mol. The molecule has 0 aliphatic rings. The minimum Gasteiger partial charge on any atom is -0.337 e. The lowest BCUT2D eigenvalue weighted by Gasteiger charge is -2.08. The number of sulfonamides is 1. The van der Waals surface area contributed by atoms with Crippen molar-refractivity contribution in [3.63, 3.8) is 0 Å². The fraction of sp³-hybridized carbons (Fsp3) is 0.308. The van der Waals surface area contributed by atoms with E-state index in [4.69, 9.17) is 5.73 Å². The van der Waals surface area contributed by atoms with Crippen LogP contribution in [0.15, 0.2) is 36.7 Å². The Morgan fingerprint density at radius 1 is 1.35 bits per heavy atom. The Morgan fingerprint density at radius 2 is 2.10 bits per heavy atom. The zero-order valence-electron chi connectivity index (χ0n) is 11.3. The average Bonchev–Trinajstić information content (AvgIpc) is 2.82. The van der Waals surface area contributed by atoms with Crippen LogP contribution in [0.4, 0.5) is 0 Å². The Hall–Kier alpha value is -1.70. The second-order valence-corrected chi connectivity index (χ2v) is 6.37. The van der Waals surface area contributed by atoms with E-state index in [9.17, 15) is 8.42 Å². The van der Waals surface area contributed by atoms with Crippen molar-refractivity contribution >= 4 is 10.0 Å². The van der Waals surface area contributed by atoms with Crippen molar-refractivity contribution in [2.45, 2.75) is 18.8 Å². The number of nitrogens with two attached hydrogens (primary N) is 1. The molecule has 20 heavy (non-hydrogen) atoms. The molecule has 2 rings (SSSR count). The van der Waals surface area contributed by atoms with Gasteiger partial charge < -0.3 is 10.3 Å². The van der Waals surface area contributed by atoms with E-state index in [0.717, 1.165) is 11.1 Å². The number of imidazole rings is 1. The lowest BCUT2D eigenvalue weighted by molar-refractivity contribution is 0.576. The second-order valence-electron chi connectivity index (χ2n) is 4.56. The highest BCUT2D eigenvalue weighted by Gasteiger charge is 2.12. The topological polar surface area (TPSA) is 90.0 Å². The van der Waals surface area contributed by atoms with E-state index in [-0.39, 0.29) is 12.3 Å². The van der Waals surface area contributed by atoms with Crippen LogP contribution in [0.5, 0.6) is 0 Å². The van der Waals surface area contributed by atoms with Gasteiger partial charge in [-0.3, -0.25) is 0 Å². The average molecular weight is 294 g/mol. The molecule has 108 valence electrons. The molecule has 6 nitrogen and oxygen atoms in total. The summed E-state index contributed by atoms with van der Waals surface area (Å²) in [5.74, 6) is 0.606. The van der Waals surface area contributed by atoms with Crippen LogP contribution in [0, 0.1) is 0 Å². The molecule has 0 aliphatic heterocycles. The monoisotopic (exact) mass is 294 g/mol. The van der Waals surface area contributed by atoms with Crippen LogP contribution in [0.2, 0.25) is 0 Å². The molecule has 0 aliphatic carbocycles. The van der Waals surface area contributed by atoms with Crippen LogP contribution in [0.1, 0.15) is 17.0 Å². The maximum Gasteiger partial charge on any atom is 0.216 e. The zero-order valence-corrected chi connectivity index (χ0v) is 12.1. The van der Waals surface area contributed by atoms with Crippen molar-refractivity contribution < 1.29 is 8.42 Å². The molecule has 0 saturated carbocycles. The van der Waals surface area contributed by atoms with E-state index in [2.05, 4.69) is 9.71 Å². The summed E-state index contributed by atoms with van der Waals surface area (Å²) in [4.78, 5) is 4.07. The predicted molar refractivity (Wildman–Crippen MR) is 77.0 cm³/mol. The maximum atomic E-state index is 12.0. The Bertz CT molecular complexity index is 679. The smallest absolute Gasteiger partial charge is 0.216 e. The highest BCUT2D eigenvalue weighted by Crippen LogP contribution is 2.08. The summed E-state index contributed by atoms with van der Waals surface area (Å²) in [6, 6.07) is 7.27. The van der Waals surface area contributed by atoms with Crippen molar-refractivity contribution in [1.82, 2.24) is 14.3 Å². The van der Waals surface area contributed by atoms with E-state index in [1.807, 2.05) is 19.2 Å². The molecule has 1 aromatic heterocycles. The normalized spacial score (nSPS) is 11.7. The summed E-state index contributed by atoms with van der Waals surface area (Å²) in [6.45, 7) is 0.580. The van der Waals surface area contributed by atoms with E-state index < -0.39 is 10.0 Å². The molecule has 0 saturated heterocycles. The summed E-state index contributed by atoms with van der Waals surface area (Å²) >= 11 is 0. The minimum absolute atomic E-state index is 0.0642.